The van der Waals surface area contributed by atoms with Gasteiger partial charge < -0.3 is 5.32 Å². The van der Waals surface area contributed by atoms with E-state index in [2.05, 4.69) is 20.7 Å². The Morgan fingerprint density at radius 3 is 2.78 bits per heavy atom. The molecule has 0 aliphatic heterocycles. The number of nitrogens with zero attached hydrogens (tertiary/aromatic N) is 2. The number of carbonyl (C=O) groups excluding carboxylic acids is 1. The first-order valence-electron chi connectivity index (χ1n) is 7.09. The number of benzene rings is 2. The number of thioether (sulfide) groups is 1. The molecular weight excluding hydrogens is 326 g/mol. The molecule has 3 rings (SSSR count). The molecule has 116 valence electrons. The summed E-state index contributed by atoms with van der Waals surface area (Å²) in [6.07, 6.45) is 0. The van der Waals surface area contributed by atoms with Gasteiger partial charge in [0.25, 0.3) is 0 Å². The molecule has 0 aliphatic carbocycles. The van der Waals surface area contributed by atoms with E-state index in [0.29, 0.717) is 11.6 Å². The van der Waals surface area contributed by atoms with Crippen LogP contribution >= 0.6 is 23.3 Å². The summed E-state index contributed by atoms with van der Waals surface area (Å²) >= 11 is 2.72. The van der Waals surface area contributed by atoms with Crippen LogP contribution in [0.2, 0.25) is 0 Å². The SMILES string of the molecule is Cc1cccc(-c2nsc(SCC(=O)Nc3ccccc3)n2)c1. The van der Waals surface area contributed by atoms with Crippen molar-refractivity contribution >= 4 is 34.9 Å². The van der Waals surface area contributed by atoms with Crippen molar-refractivity contribution in [1.82, 2.24) is 9.36 Å². The molecule has 1 heterocycles. The molecule has 0 radical (unpaired) electrons. The second kappa shape index (κ2) is 7.39. The van der Waals surface area contributed by atoms with Crippen LogP contribution in [0.1, 0.15) is 5.56 Å². The maximum absolute atomic E-state index is 11.9. The molecule has 0 saturated carbocycles. The molecule has 0 atom stereocenters. The molecule has 0 saturated heterocycles. The summed E-state index contributed by atoms with van der Waals surface area (Å²) in [6, 6.07) is 17.5. The van der Waals surface area contributed by atoms with Gasteiger partial charge >= 0.3 is 0 Å². The Morgan fingerprint density at radius 2 is 2.00 bits per heavy atom. The standard InChI is InChI=1S/C17H15N3OS2/c1-12-6-5-7-13(10-12)16-19-17(23-20-16)22-11-15(21)18-14-8-3-2-4-9-14/h2-10H,11H2,1H3,(H,18,21). The molecule has 23 heavy (non-hydrogen) atoms. The van der Waals surface area contributed by atoms with Crippen molar-refractivity contribution in [3.8, 4) is 11.4 Å². The van der Waals surface area contributed by atoms with Crippen molar-refractivity contribution in [2.75, 3.05) is 11.1 Å². The smallest absolute Gasteiger partial charge is 0.234 e. The van der Waals surface area contributed by atoms with Crippen LogP contribution in [0.4, 0.5) is 5.69 Å². The van der Waals surface area contributed by atoms with Gasteiger partial charge in [0.15, 0.2) is 10.2 Å². The van der Waals surface area contributed by atoms with Gasteiger partial charge in [-0.1, -0.05) is 53.7 Å². The molecule has 0 aliphatic rings. The van der Waals surface area contributed by atoms with Crippen molar-refractivity contribution in [2.24, 2.45) is 0 Å². The predicted molar refractivity (Wildman–Crippen MR) is 95.9 cm³/mol. The number of aryl methyl sites for hydroxylation is 1. The van der Waals surface area contributed by atoms with Crippen molar-refractivity contribution in [1.29, 1.82) is 0 Å². The predicted octanol–water partition coefficient (Wildman–Crippen LogP) is 4.24. The number of carbonyl (C=O) groups is 1. The normalized spacial score (nSPS) is 10.5. The van der Waals surface area contributed by atoms with Gasteiger partial charge in [-0.3, -0.25) is 4.79 Å². The monoisotopic (exact) mass is 341 g/mol. The summed E-state index contributed by atoms with van der Waals surface area (Å²) in [6.45, 7) is 2.04. The summed E-state index contributed by atoms with van der Waals surface area (Å²) in [4.78, 5) is 16.4. The van der Waals surface area contributed by atoms with E-state index >= 15 is 0 Å². The largest absolute Gasteiger partial charge is 0.325 e. The van der Waals surface area contributed by atoms with Crippen LogP contribution < -0.4 is 5.32 Å². The van der Waals surface area contributed by atoms with Gasteiger partial charge in [-0.15, -0.1) is 0 Å². The van der Waals surface area contributed by atoms with Crippen molar-refractivity contribution in [3.05, 3.63) is 60.2 Å². The lowest BCUT2D eigenvalue weighted by Gasteiger charge is -2.03. The topological polar surface area (TPSA) is 54.9 Å². The number of nitrogens with one attached hydrogen (secondary N) is 1. The molecule has 1 N–H and O–H groups in total. The Labute approximate surface area is 143 Å². The Kier molecular flexibility index (Phi) is 5.05. The van der Waals surface area contributed by atoms with Crippen molar-refractivity contribution in [2.45, 2.75) is 11.3 Å². The van der Waals surface area contributed by atoms with Gasteiger partial charge in [-0.2, -0.15) is 4.37 Å². The third-order valence-electron chi connectivity index (χ3n) is 3.07. The fourth-order valence-electron chi connectivity index (χ4n) is 2.02. The van der Waals surface area contributed by atoms with E-state index in [1.54, 1.807) is 0 Å². The van der Waals surface area contributed by atoms with Gasteiger partial charge in [0.05, 0.1) is 5.75 Å². The lowest BCUT2D eigenvalue weighted by molar-refractivity contribution is -0.113. The fraction of sp³-hybridized carbons (Fsp3) is 0.118. The highest BCUT2D eigenvalue weighted by atomic mass is 32.2. The summed E-state index contributed by atoms with van der Waals surface area (Å²) in [5.74, 6) is 0.982. The summed E-state index contributed by atoms with van der Waals surface area (Å²) < 4.78 is 5.16. The van der Waals surface area contributed by atoms with Gasteiger partial charge in [-0.25, -0.2) is 4.98 Å². The number of amides is 1. The molecule has 0 bridgehead atoms. The van der Waals surface area contributed by atoms with E-state index in [4.69, 9.17) is 0 Å². The number of aromatic nitrogens is 2. The zero-order valence-electron chi connectivity index (χ0n) is 12.5. The molecule has 6 heteroatoms. The third-order valence-corrected chi connectivity index (χ3v) is 4.90. The van der Waals surface area contributed by atoms with E-state index in [1.807, 2.05) is 55.5 Å². The highest BCUT2D eigenvalue weighted by Crippen LogP contribution is 2.25. The number of rotatable bonds is 5. The van der Waals surface area contributed by atoms with E-state index < -0.39 is 0 Å². The fourth-order valence-corrected chi connectivity index (χ4v) is 3.43. The van der Waals surface area contributed by atoms with Crippen LogP contribution in [0.25, 0.3) is 11.4 Å². The minimum atomic E-state index is -0.0477. The van der Waals surface area contributed by atoms with E-state index in [-0.39, 0.29) is 5.91 Å². The van der Waals surface area contributed by atoms with Gasteiger partial charge in [-0.05, 0) is 36.7 Å². The minimum Gasteiger partial charge on any atom is -0.325 e. The number of anilines is 1. The number of para-hydroxylation sites is 1. The molecule has 1 aromatic heterocycles. The highest BCUT2D eigenvalue weighted by Gasteiger charge is 2.09. The van der Waals surface area contributed by atoms with Crippen LogP contribution in [0, 0.1) is 6.92 Å². The highest BCUT2D eigenvalue weighted by molar-refractivity contribution is 8.01. The average Bonchev–Trinajstić information content (AvgIpc) is 3.03. The quantitative estimate of drug-likeness (QED) is 0.705. The van der Waals surface area contributed by atoms with Gasteiger partial charge in [0, 0.05) is 11.3 Å². The van der Waals surface area contributed by atoms with Crippen LogP contribution in [0.15, 0.2) is 58.9 Å². The first-order chi connectivity index (χ1) is 11.2. The molecule has 2 aromatic carbocycles. The molecular formula is C17H15N3OS2. The van der Waals surface area contributed by atoms with Crippen LogP contribution in [-0.4, -0.2) is 21.0 Å². The van der Waals surface area contributed by atoms with Gasteiger partial charge in [0.1, 0.15) is 0 Å². The Morgan fingerprint density at radius 1 is 1.17 bits per heavy atom. The third kappa shape index (κ3) is 4.40. The molecule has 0 fully saturated rings. The van der Waals surface area contributed by atoms with Crippen molar-refractivity contribution in [3.63, 3.8) is 0 Å². The first-order valence-corrected chi connectivity index (χ1v) is 8.85. The zero-order valence-corrected chi connectivity index (χ0v) is 14.2. The minimum absolute atomic E-state index is 0.0477. The van der Waals surface area contributed by atoms with E-state index in [9.17, 15) is 4.79 Å². The summed E-state index contributed by atoms with van der Waals surface area (Å²) in [7, 11) is 0. The maximum Gasteiger partial charge on any atom is 0.234 e. The molecule has 0 unspecified atom stereocenters. The maximum atomic E-state index is 11.9. The van der Waals surface area contributed by atoms with Crippen LogP contribution in [0.5, 0.6) is 0 Å². The number of hydrogen-bond acceptors (Lipinski definition) is 5. The second-order valence-electron chi connectivity index (χ2n) is 4.96. The Bertz CT molecular complexity index is 802. The number of hydrogen-bond donors (Lipinski definition) is 1. The lowest BCUT2D eigenvalue weighted by Crippen LogP contribution is -2.13. The van der Waals surface area contributed by atoms with E-state index in [1.165, 1.54) is 28.9 Å². The Balaban J connectivity index is 1.58. The lowest BCUT2D eigenvalue weighted by atomic mass is 10.1. The summed E-state index contributed by atoms with van der Waals surface area (Å²) in [5, 5.41) is 2.85. The molecule has 4 nitrogen and oxygen atoms in total. The van der Waals surface area contributed by atoms with Crippen molar-refractivity contribution < 1.29 is 4.79 Å². The Hall–Kier alpha value is -2.18. The second-order valence-corrected chi connectivity index (χ2v) is 6.93. The zero-order chi connectivity index (χ0) is 16.1. The summed E-state index contributed by atoms with van der Waals surface area (Å²) in [5.41, 5.74) is 2.98. The van der Waals surface area contributed by atoms with Crippen LogP contribution in [-0.2, 0) is 4.79 Å². The molecule has 3 aromatic rings. The van der Waals surface area contributed by atoms with Crippen LogP contribution in [0.3, 0.4) is 0 Å². The van der Waals surface area contributed by atoms with E-state index in [0.717, 1.165) is 15.6 Å². The average molecular weight is 341 g/mol. The van der Waals surface area contributed by atoms with Gasteiger partial charge in [0.2, 0.25) is 5.91 Å². The molecule has 1 amide bonds. The first kappa shape index (κ1) is 15.7. The molecule has 0 spiro atoms.